The molecule has 0 fully saturated rings. The number of hydrogen-bond acceptors (Lipinski definition) is 3. The molecule has 0 aromatic heterocycles. The van der Waals surface area contributed by atoms with Gasteiger partial charge >= 0.3 is 6.18 Å². The third-order valence-corrected chi connectivity index (χ3v) is 4.09. The lowest BCUT2D eigenvalue weighted by Crippen LogP contribution is -2.24. The minimum atomic E-state index is -4.47. The van der Waals surface area contributed by atoms with Crippen molar-refractivity contribution in [1.29, 1.82) is 0 Å². The first-order chi connectivity index (χ1) is 13.3. The summed E-state index contributed by atoms with van der Waals surface area (Å²) < 4.78 is 43.9. The van der Waals surface area contributed by atoms with Gasteiger partial charge in [0.25, 0.3) is 0 Å². The van der Waals surface area contributed by atoms with E-state index in [2.05, 4.69) is 22.8 Å². The number of nitrogens with zero attached hydrogens (tertiary/aromatic N) is 1. The van der Waals surface area contributed by atoms with E-state index < -0.39 is 11.7 Å². The molecule has 0 saturated heterocycles. The average molecular weight is 430 g/mol. The largest absolute Gasteiger partial charge is 0.494 e. The number of anilines is 1. The van der Waals surface area contributed by atoms with Crippen LogP contribution < -0.4 is 15.5 Å². The Kier molecular flexibility index (Phi) is 8.07. The molecule has 0 aliphatic heterocycles. The standard InChI is InChI=1S/C19H19ClF3N3OS/c1-2-3-10-27-15-7-4-13(5-8-15)12-24-26-18(28)25-17-11-14(19(21,22)23)6-9-16(17)20/h4-9,11-12H,2-3,10H2,1H3,(H2,25,26,28)/b24-12-. The highest BCUT2D eigenvalue weighted by atomic mass is 35.5. The summed E-state index contributed by atoms with van der Waals surface area (Å²) in [6, 6.07) is 10.3. The van der Waals surface area contributed by atoms with E-state index >= 15 is 0 Å². The van der Waals surface area contributed by atoms with E-state index in [1.807, 2.05) is 24.3 Å². The second-order valence-corrected chi connectivity index (χ2v) is 6.60. The number of alkyl halides is 3. The number of benzene rings is 2. The minimum Gasteiger partial charge on any atom is -0.494 e. The second-order valence-electron chi connectivity index (χ2n) is 5.79. The molecule has 0 atom stereocenters. The lowest BCUT2D eigenvalue weighted by molar-refractivity contribution is -0.137. The first-order valence-corrected chi connectivity index (χ1v) is 9.28. The van der Waals surface area contributed by atoms with Crippen LogP contribution in [0.3, 0.4) is 0 Å². The van der Waals surface area contributed by atoms with Crippen molar-refractivity contribution in [1.82, 2.24) is 5.43 Å². The number of ether oxygens (including phenoxy) is 1. The Hall–Kier alpha value is -2.32. The van der Waals surface area contributed by atoms with Gasteiger partial charge in [-0.2, -0.15) is 18.3 Å². The molecule has 9 heteroatoms. The molecule has 0 saturated carbocycles. The van der Waals surface area contributed by atoms with Gasteiger partial charge in [0.2, 0.25) is 0 Å². The Bertz CT molecular complexity index is 826. The Morgan fingerprint density at radius 1 is 1.21 bits per heavy atom. The van der Waals surface area contributed by atoms with Crippen LogP contribution in [0.5, 0.6) is 5.75 Å². The van der Waals surface area contributed by atoms with Crippen molar-refractivity contribution < 1.29 is 17.9 Å². The summed E-state index contributed by atoms with van der Waals surface area (Å²) in [6.07, 6.45) is -0.887. The third kappa shape index (κ3) is 7.01. The van der Waals surface area contributed by atoms with Crippen LogP contribution in [0.15, 0.2) is 47.6 Å². The zero-order chi connectivity index (χ0) is 20.6. The van der Waals surface area contributed by atoms with E-state index in [4.69, 9.17) is 28.6 Å². The number of thiocarbonyl (C=S) groups is 1. The molecular weight excluding hydrogens is 411 g/mol. The van der Waals surface area contributed by atoms with Crippen LogP contribution in [0.2, 0.25) is 5.02 Å². The van der Waals surface area contributed by atoms with E-state index in [-0.39, 0.29) is 15.8 Å². The van der Waals surface area contributed by atoms with Crippen molar-refractivity contribution in [2.45, 2.75) is 25.9 Å². The van der Waals surface area contributed by atoms with Crippen LogP contribution in [-0.4, -0.2) is 17.9 Å². The number of nitrogens with one attached hydrogen (secondary N) is 2. The van der Waals surface area contributed by atoms with Crippen molar-refractivity contribution in [3.8, 4) is 5.75 Å². The third-order valence-electron chi connectivity index (χ3n) is 3.57. The average Bonchev–Trinajstić information content (AvgIpc) is 2.64. The fraction of sp³-hybridized carbons (Fsp3) is 0.263. The smallest absolute Gasteiger partial charge is 0.416 e. The summed E-state index contributed by atoms with van der Waals surface area (Å²) in [5.41, 5.74) is 2.55. The topological polar surface area (TPSA) is 45.6 Å². The quantitative estimate of drug-likeness (QED) is 0.250. The zero-order valence-electron chi connectivity index (χ0n) is 15.0. The number of rotatable bonds is 7. The molecule has 0 heterocycles. The minimum absolute atomic E-state index is 0.0111. The van der Waals surface area contributed by atoms with Gasteiger partial charge in [-0.15, -0.1) is 0 Å². The van der Waals surface area contributed by atoms with Crippen molar-refractivity contribution in [2.75, 3.05) is 11.9 Å². The van der Waals surface area contributed by atoms with E-state index in [0.29, 0.717) is 6.61 Å². The molecule has 2 aromatic rings. The van der Waals surface area contributed by atoms with Gasteiger partial charge in [0.1, 0.15) is 5.75 Å². The molecule has 150 valence electrons. The summed E-state index contributed by atoms with van der Waals surface area (Å²) in [5, 5.41) is 6.68. The van der Waals surface area contributed by atoms with Gasteiger partial charge in [-0.25, -0.2) is 0 Å². The Balaban J connectivity index is 1.90. The Morgan fingerprint density at radius 3 is 2.57 bits per heavy atom. The van der Waals surface area contributed by atoms with Crippen LogP contribution in [0.4, 0.5) is 18.9 Å². The monoisotopic (exact) mass is 429 g/mol. The highest BCUT2D eigenvalue weighted by molar-refractivity contribution is 7.80. The predicted molar refractivity (Wildman–Crippen MR) is 110 cm³/mol. The van der Waals surface area contributed by atoms with Gasteiger partial charge in [0, 0.05) is 0 Å². The van der Waals surface area contributed by atoms with Crippen LogP contribution in [0.25, 0.3) is 0 Å². The SMILES string of the molecule is CCCCOc1ccc(/C=N\NC(=S)Nc2cc(C(F)(F)F)ccc2Cl)cc1. The van der Waals surface area contributed by atoms with E-state index in [1.165, 1.54) is 6.21 Å². The van der Waals surface area contributed by atoms with E-state index in [1.54, 1.807) is 0 Å². The first kappa shape index (κ1) is 22.0. The maximum atomic E-state index is 12.8. The Morgan fingerprint density at radius 2 is 1.93 bits per heavy atom. The molecule has 0 bridgehead atoms. The van der Waals surface area contributed by atoms with Gasteiger partial charge in [0.05, 0.1) is 29.1 Å². The van der Waals surface area contributed by atoms with Gasteiger partial charge in [0.15, 0.2) is 5.11 Å². The molecule has 2 aromatic carbocycles. The first-order valence-electron chi connectivity index (χ1n) is 8.49. The fourth-order valence-corrected chi connectivity index (χ4v) is 2.43. The molecule has 0 aliphatic rings. The van der Waals surface area contributed by atoms with Gasteiger partial charge in [-0.1, -0.05) is 24.9 Å². The van der Waals surface area contributed by atoms with Crippen LogP contribution in [0, 0.1) is 0 Å². The molecule has 0 aliphatic carbocycles. The Labute approximate surface area is 171 Å². The van der Waals surface area contributed by atoms with E-state index in [0.717, 1.165) is 42.4 Å². The molecule has 0 unspecified atom stereocenters. The van der Waals surface area contributed by atoms with Crippen molar-refractivity contribution in [2.24, 2.45) is 5.10 Å². The highest BCUT2D eigenvalue weighted by Crippen LogP contribution is 2.33. The zero-order valence-corrected chi connectivity index (χ0v) is 16.6. The van der Waals surface area contributed by atoms with Crippen molar-refractivity contribution >= 4 is 40.8 Å². The van der Waals surface area contributed by atoms with E-state index in [9.17, 15) is 13.2 Å². The maximum absolute atomic E-state index is 12.8. The molecule has 4 nitrogen and oxygen atoms in total. The molecule has 2 rings (SSSR count). The molecule has 0 radical (unpaired) electrons. The maximum Gasteiger partial charge on any atom is 0.416 e. The van der Waals surface area contributed by atoms with Crippen LogP contribution in [-0.2, 0) is 6.18 Å². The normalized spacial score (nSPS) is 11.5. The summed E-state index contributed by atoms with van der Waals surface area (Å²) >= 11 is 10.9. The van der Waals surface area contributed by atoms with Crippen molar-refractivity contribution in [3.63, 3.8) is 0 Å². The predicted octanol–water partition coefficient (Wildman–Crippen LogP) is 5.86. The summed E-state index contributed by atoms with van der Waals surface area (Å²) in [4.78, 5) is 0. The summed E-state index contributed by atoms with van der Waals surface area (Å²) in [7, 11) is 0. The van der Waals surface area contributed by atoms with Gasteiger partial charge < -0.3 is 10.1 Å². The molecule has 0 amide bonds. The lowest BCUT2D eigenvalue weighted by Gasteiger charge is -2.12. The highest BCUT2D eigenvalue weighted by Gasteiger charge is 2.31. The van der Waals surface area contributed by atoms with Crippen LogP contribution in [0.1, 0.15) is 30.9 Å². The molecular formula is C19H19ClF3N3OS. The molecule has 0 spiro atoms. The number of halogens is 4. The van der Waals surface area contributed by atoms with Gasteiger partial charge in [-0.05, 0) is 66.7 Å². The number of hydrogen-bond donors (Lipinski definition) is 2. The lowest BCUT2D eigenvalue weighted by atomic mass is 10.2. The van der Waals surface area contributed by atoms with Crippen LogP contribution >= 0.6 is 23.8 Å². The summed E-state index contributed by atoms with van der Waals surface area (Å²) in [5.74, 6) is 0.773. The molecule has 2 N–H and O–H groups in total. The second kappa shape index (κ2) is 10.3. The molecule has 28 heavy (non-hydrogen) atoms. The van der Waals surface area contributed by atoms with Gasteiger partial charge in [-0.3, -0.25) is 5.43 Å². The number of hydrazone groups is 1. The summed E-state index contributed by atoms with van der Waals surface area (Å²) in [6.45, 7) is 2.76. The fourth-order valence-electron chi connectivity index (χ4n) is 2.10. The number of unbranched alkanes of at least 4 members (excludes halogenated alkanes) is 1. The van der Waals surface area contributed by atoms with Crippen molar-refractivity contribution in [3.05, 3.63) is 58.6 Å².